The van der Waals surface area contributed by atoms with Crippen molar-refractivity contribution in [3.63, 3.8) is 0 Å². The lowest BCUT2D eigenvalue weighted by atomic mass is 10.1. The fourth-order valence-electron chi connectivity index (χ4n) is 1.72. The van der Waals surface area contributed by atoms with Gasteiger partial charge in [0.25, 0.3) is 6.47 Å². The van der Waals surface area contributed by atoms with E-state index < -0.39 is 0 Å². The van der Waals surface area contributed by atoms with Crippen LogP contribution < -0.4 is 5.73 Å². The van der Waals surface area contributed by atoms with E-state index in [1.807, 2.05) is 6.07 Å². The van der Waals surface area contributed by atoms with Crippen LogP contribution in [-0.4, -0.2) is 30.2 Å². The Kier molecular flexibility index (Phi) is 6.81. The third kappa shape index (κ3) is 4.82. The van der Waals surface area contributed by atoms with Crippen molar-refractivity contribution in [1.29, 1.82) is 0 Å². The molecule has 1 aromatic heterocycles. The van der Waals surface area contributed by atoms with Crippen molar-refractivity contribution in [2.24, 2.45) is 0 Å². The predicted molar refractivity (Wildman–Crippen MR) is 76.9 cm³/mol. The topological polar surface area (TPSA) is 74.4 Å². The van der Waals surface area contributed by atoms with Crippen molar-refractivity contribution in [1.82, 2.24) is 4.98 Å². The van der Waals surface area contributed by atoms with Gasteiger partial charge in [0, 0.05) is 6.20 Å². The highest BCUT2D eigenvalue weighted by Gasteiger charge is 2.10. The van der Waals surface area contributed by atoms with E-state index in [-0.39, 0.29) is 0 Å². The van der Waals surface area contributed by atoms with E-state index in [1.165, 1.54) is 7.11 Å². The molecule has 0 bridgehead atoms. The Labute approximate surface area is 118 Å². The molecule has 0 spiro atoms. The predicted octanol–water partition coefficient (Wildman–Crippen LogP) is 1.87. The molecule has 0 atom stereocenters. The fourth-order valence-corrected chi connectivity index (χ4v) is 1.88. The number of nitrogens with two attached hydrogens (primary N) is 1. The van der Waals surface area contributed by atoms with Crippen LogP contribution in [0.25, 0.3) is 0 Å². The number of aryl methyl sites for hydroxylation is 1. The standard InChI is InChI=1S/C13H18N2O3S/c1-17-13(19)12-11(14)10(6-7-15-12)5-3-2-4-8-18-9-16/h6-7,9H,2-5,8,14H2,1H3. The lowest BCUT2D eigenvalue weighted by Gasteiger charge is -2.10. The second-order valence-corrected chi connectivity index (χ2v) is 4.37. The molecule has 0 amide bonds. The van der Waals surface area contributed by atoms with Crippen LogP contribution in [0.3, 0.4) is 0 Å². The van der Waals surface area contributed by atoms with Gasteiger partial charge in [0.05, 0.1) is 19.4 Å². The summed E-state index contributed by atoms with van der Waals surface area (Å²) in [6.45, 7) is 0.938. The molecule has 1 rings (SSSR count). The van der Waals surface area contributed by atoms with Gasteiger partial charge in [0.2, 0.25) is 5.05 Å². The number of methoxy groups -OCH3 is 1. The van der Waals surface area contributed by atoms with Crippen LogP contribution in [0.2, 0.25) is 0 Å². The molecule has 0 unspecified atom stereocenters. The molecule has 0 aliphatic heterocycles. The van der Waals surface area contributed by atoms with E-state index in [0.717, 1.165) is 31.2 Å². The van der Waals surface area contributed by atoms with Crippen LogP contribution in [0.15, 0.2) is 12.3 Å². The zero-order chi connectivity index (χ0) is 14.1. The van der Waals surface area contributed by atoms with Gasteiger partial charge in [-0.25, -0.2) is 4.98 Å². The molecule has 1 heterocycles. The minimum absolute atomic E-state index is 0.304. The van der Waals surface area contributed by atoms with Crippen LogP contribution in [0, 0.1) is 0 Å². The molecule has 0 aliphatic rings. The van der Waals surface area contributed by atoms with Crippen molar-refractivity contribution < 1.29 is 14.3 Å². The lowest BCUT2D eigenvalue weighted by Crippen LogP contribution is -2.09. The van der Waals surface area contributed by atoms with E-state index in [0.29, 0.717) is 29.5 Å². The van der Waals surface area contributed by atoms with Gasteiger partial charge in [-0.3, -0.25) is 4.79 Å². The number of hydrogen-bond acceptors (Lipinski definition) is 6. The summed E-state index contributed by atoms with van der Waals surface area (Å²) in [5, 5.41) is 0.304. The number of aromatic nitrogens is 1. The Hall–Kier alpha value is -1.69. The molecule has 0 saturated heterocycles. The molecule has 104 valence electrons. The number of nitrogen functional groups attached to an aromatic ring is 1. The smallest absolute Gasteiger partial charge is 0.293 e. The van der Waals surface area contributed by atoms with Gasteiger partial charge in [-0.05, 0) is 49.5 Å². The van der Waals surface area contributed by atoms with Crippen LogP contribution in [-0.2, 0) is 20.7 Å². The first kappa shape index (κ1) is 15.4. The number of carbonyl (C=O) groups excluding carboxylic acids is 1. The molecule has 19 heavy (non-hydrogen) atoms. The van der Waals surface area contributed by atoms with Gasteiger partial charge in [0.1, 0.15) is 5.69 Å². The number of ether oxygens (including phenoxy) is 2. The number of pyridine rings is 1. The molecule has 6 heteroatoms. The first-order chi connectivity index (χ1) is 9.20. The summed E-state index contributed by atoms with van der Waals surface area (Å²) in [5.41, 5.74) is 8.14. The Morgan fingerprint density at radius 2 is 2.26 bits per heavy atom. The summed E-state index contributed by atoms with van der Waals surface area (Å²) >= 11 is 5.04. The zero-order valence-electron chi connectivity index (χ0n) is 10.9. The highest BCUT2D eigenvalue weighted by molar-refractivity contribution is 7.80. The summed E-state index contributed by atoms with van der Waals surface area (Å²) in [6.07, 6.45) is 5.32. The van der Waals surface area contributed by atoms with E-state index in [9.17, 15) is 4.79 Å². The summed E-state index contributed by atoms with van der Waals surface area (Å²) in [4.78, 5) is 14.1. The SMILES string of the molecule is COC(=S)c1nccc(CCCCCOC=O)c1N. The van der Waals surface area contributed by atoms with Crippen molar-refractivity contribution in [3.05, 3.63) is 23.5 Å². The number of rotatable bonds is 8. The Morgan fingerprint density at radius 1 is 1.47 bits per heavy atom. The van der Waals surface area contributed by atoms with Gasteiger partial charge >= 0.3 is 0 Å². The van der Waals surface area contributed by atoms with Crippen molar-refractivity contribution in [2.45, 2.75) is 25.7 Å². The Balaban J connectivity index is 2.50. The van der Waals surface area contributed by atoms with Crippen molar-refractivity contribution >= 4 is 29.4 Å². The average Bonchev–Trinajstić information content (AvgIpc) is 2.43. The number of carbonyl (C=O) groups is 1. The maximum Gasteiger partial charge on any atom is 0.293 e. The summed E-state index contributed by atoms with van der Waals surface area (Å²) < 4.78 is 9.61. The van der Waals surface area contributed by atoms with Crippen LogP contribution in [0.5, 0.6) is 0 Å². The largest absolute Gasteiger partial charge is 0.485 e. The first-order valence-electron chi connectivity index (χ1n) is 6.07. The average molecular weight is 282 g/mol. The monoisotopic (exact) mass is 282 g/mol. The summed E-state index contributed by atoms with van der Waals surface area (Å²) in [5.74, 6) is 0. The molecule has 1 aromatic rings. The molecular formula is C13H18N2O3S. The third-order valence-electron chi connectivity index (χ3n) is 2.74. The lowest BCUT2D eigenvalue weighted by molar-refractivity contribution is -0.128. The fraction of sp³-hybridized carbons (Fsp3) is 0.462. The minimum atomic E-state index is 0.304. The first-order valence-corrected chi connectivity index (χ1v) is 6.48. The maximum atomic E-state index is 9.96. The molecule has 0 aliphatic carbocycles. The number of anilines is 1. The van der Waals surface area contributed by atoms with Crippen LogP contribution in [0.1, 0.15) is 30.5 Å². The number of unbranched alkanes of at least 4 members (excludes halogenated alkanes) is 2. The Bertz CT molecular complexity index is 438. The maximum absolute atomic E-state index is 9.96. The highest BCUT2D eigenvalue weighted by Crippen LogP contribution is 2.19. The van der Waals surface area contributed by atoms with Gasteiger partial charge in [-0.1, -0.05) is 0 Å². The normalized spacial score (nSPS) is 9.95. The molecular weight excluding hydrogens is 264 g/mol. The van der Waals surface area contributed by atoms with Gasteiger partial charge in [-0.2, -0.15) is 0 Å². The van der Waals surface area contributed by atoms with E-state index in [1.54, 1.807) is 6.20 Å². The third-order valence-corrected chi connectivity index (χ3v) is 3.10. The highest BCUT2D eigenvalue weighted by atomic mass is 32.1. The van der Waals surface area contributed by atoms with Crippen LogP contribution >= 0.6 is 12.2 Å². The molecule has 0 radical (unpaired) electrons. The Morgan fingerprint density at radius 3 is 2.95 bits per heavy atom. The summed E-state index contributed by atoms with van der Waals surface area (Å²) in [7, 11) is 1.50. The number of hydrogen-bond donors (Lipinski definition) is 1. The van der Waals surface area contributed by atoms with E-state index >= 15 is 0 Å². The number of nitrogens with zero attached hydrogens (tertiary/aromatic N) is 1. The minimum Gasteiger partial charge on any atom is -0.485 e. The second kappa shape index (κ2) is 8.42. The van der Waals surface area contributed by atoms with Gasteiger partial charge in [0.15, 0.2) is 0 Å². The van der Waals surface area contributed by atoms with E-state index in [4.69, 9.17) is 22.7 Å². The van der Waals surface area contributed by atoms with Gasteiger partial charge in [-0.15, -0.1) is 0 Å². The molecule has 0 aromatic carbocycles. The van der Waals surface area contributed by atoms with Crippen molar-refractivity contribution in [2.75, 3.05) is 19.5 Å². The van der Waals surface area contributed by atoms with Gasteiger partial charge < -0.3 is 15.2 Å². The van der Waals surface area contributed by atoms with E-state index in [2.05, 4.69) is 9.72 Å². The second-order valence-electron chi connectivity index (χ2n) is 4.00. The van der Waals surface area contributed by atoms with Crippen molar-refractivity contribution in [3.8, 4) is 0 Å². The zero-order valence-corrected chi connectivity index (χ0v) is 11.7. The molecule has 2 N–H and O–H groups in total. The molecule has 5 nitrogen and oxygen atoms in total. The molecule has 0 saturated carbocycles. The quantitative estimate of drug-likeness (QED) is 0.446. The number of thiocarbonyl (C=S) groups is 1. The molecule has 0 fully saturated rings. The van der Waals surface area contributed by atoms with Crippen LogP contribution in [0.4, 0.5) is 5.69 Å². The summed E-state index contributed by atoms with van der Waals surface area (Å²) in [6, 6.07) is 1.89.